The molecule has 1 aromatic rings. The van der Waals surface area contributed by atoms with E-state index in [4.69, 9.17) is 4.74 Å². The molecule has 1 aliphatic rings. The molecule has 4 heteroatoms. The van der Waals surface area contributed by atoms with Gasteiger partial charge in [0, 0.05) is 0 Å². The summed E-state index contributed by atoms with van der Waals surface area (Å²) in [5, 5.41) is 0. The average Bonchev–Trinajstić information content (AvgIpc) is 2.81. The lowest BCUT2D eigenvalue weighted by molar-refractivity contribution is -0.0521. The van der Waals surface area contributed by atoms with Crippen molar-refractivity contribution in [2.75, 3.05) is 0 Å². The number of ether oxygens (including phenoxy) is 2. The quantitative estimate of drug-likeness (QED) is 0.802. The van der Waals surface area contributed by atoms with Crippen LogP contribution in [0, 0.1) is 13.8 Å². The Morgan fingerprint density at radius 1 is 1.17 bits per heavy atom. The van der Waals surface area contributed by atoms with E-state index in [9.17, 15) is 8.78 Å². The van der Waals surface area contributed by atoms with Gasteiger partial charge in [-0.25, -0.2) is 0 Å². The minimum absolute atomic E-state index is 0.130. The smallest absolute Gasteiger partial charge is 0.387 e. The molecule has 0 bridgehead atoms. The Bertz CT molecular complexity index is 413. The maximum absolute atomic E-state index is 12.4. The van der Waals surface area contributed by atoms with Crippen molar-refractivity contribution in [3.8, 4) is 11.5 Å². The Kier molecular flexibility index (Phi) is 4.04. The molecule has 0 aromatic heterocycles. The molecule has 0 spiro atoms. The Hall–Kier alpha value is -1.32. The van der Waals surface area contributed by atoms with Crippen LogP contribution < -0.4 is 9.47 Å². The van der Waals surface area contributed by atoms with Gasteiger partial charge in [0.05, 0.1) is 6.10 Å². The summed E-state index contributed by atoms with van der Waals surface area (Å²) >= 11 is 0. The molecule has 100 valence electrons. The van der Waals surface area contributed by atoms with E-state index in [0.717, 1.165) is 36.8 Å². The molecule has 2 nitrogen and oxygen atoms in total. The van der Waals surface area contributed by atoms with E-state index in [-0.39, 0.29) is 11.9 Å². The molecule has 1 aromatic carbocycles. The molecular weight excluding hydrogens is 238 g/mol. The monoisotopic (exact) mass is 256 g/mol. The van der Waals surface area contributed by atoms with Gasteiger partial charge in [-0.05, 0) is 56.7 Å². The molecule has 2 rings (SSSR count). The van der Waals surface area contributed by atoms with E-state index in [2.05, 4.69) is 4.74 Å². The lowest BCUT2D eigenvalue weighted by Crippen LogP contribution is -2.14. The van der Waals surface area contributed by atoms with Crippen molar-refractivity contribution in [1.29, 1.82) is 0 Å². The lowest BCUT2D eigenvalue weighted by atomic mass is 10.1. The highest BCUT2D eigenvalue weighted by molar-refractivity contribution is 5.49. The van der Waals surface area contributed by atoms with Crippen LogP contribution in [-0.4, -0.2) is 12.7 Å². The summed E-state index contributed by atoms with van der Waals surface area (Å²) in [7, 11) is 0. The van der Waals surface area contributed by atoms with Crippen molar-refractivity contribution >= 4 is 0 Å². The summed E-state index contributed by atoms with van der Waals surface area (Å²) < 4.78 is 35.1. The molecule has 0 N–H and O–H groups in total. The maximum atomic E-state index is 12.4. The van der Waals surface area contributed by atoms with E-state index in [1.165, 1.54) is 0 Å². The first-order valence-corrected chi connectivity index (χ1v) is 6.29. The third-order valence-electron chi connectivity index (χ3n) is 3.44. The van der Waals surface area contributed by atoms with Crippen molar-refractivity contribution in [3.63, 3.8) is 0 Å². The van der Waals surface area contributed by atoms with E-state index in [1.54, 1.807) is 12.1 Å². The molecule has 18 heavy (non-hydrogen) atoms. The van der Waals surface area contributed by atoms with Crippen molar-refractivity contribution < 1.29 is 18.3 Å². The Morgan fingerprint density at radius 3 is 2.44 bits per heavy atom. The standard InChI is InChI=1S/C14H18F2O2/c1-9-7-8-12(18-14(15)16)13(10(9)2)17-11-5-3-4-6-11/h7-8,11,14H,3-6H2,1-2H3. The van der Waals surface area contributed by atoms with Crippen LogP contribution in [0.2, 0.25) is 0 Å². The highest BCUT2D eigenvalue weighted by Gasteiger charge is 2.21. The van der Waals surface area contributed by atoms with Crippen LogP contribution in [0.4, 0.5) is 8.78 Å². The molecule has 0 unspecified atom stereocenters. The van der Waals surface area contributed by atoms with Crippen molar-refractivity contribution in [2.24, 2.45) is 0 Å². The van der Waals surface area contributed by atoms with E-state index >= 15 is 0 Å². The lowest BCUT2D eigenvalue weighted by Gasteiger charge is -2.19. The molecular formula is C14H18F2O2. The SMILES string of the molecule is Cc1ccc(OC(F)F)c(OC2CCCC2)c1C. The zero-order valence-corrected chi connectivity index (χ0v) is 10.7. The Balaban J connectivity index is 2.25. The van der Waals surface area contributed by atoms with Gasteiger partial charge in [0.15, 0.2) is 11.5 Å². The molecule has 0 amide bonds. The van der Waals surface area contributed by atoms with Gasteiger partial charge >= 0.3 is 6.61 Å². The zero-order chi connectivity index (χ0) is 13.1. The molecule has 1 fully saturated rings. The van der Waals surface area contributed by atoms with Crippen molar-refractivity contribution in [2.45, 2.75) is 52.2 Å². The average molecular weight is 256 g/mol. The second-order valence-corrected chi connectivity index (χ2v) is 4.74. The van der Waals surface area contributed by atoms with Crippen LogP contribution in [0.15, 0.2) is 12.1 Å². The van der Waals surface area contributed by atoms with E-state index < -0.39 is 6.61 Å². The first-order chi connectivity index (χ1) is 8.58. The second-order valence-electron chi connectivity index (χ2n) is 4.74. The molecule has 0 radical (unpaired) electrons. The number of halogens is 2. The highest BCUT2D eigenvalue weighted by Crippen LogP contribution is 2.36. The van der Waals surface area contributed by atoms with Crippen LogP contribution >= 0.6 is 0 Å². The van der Waals surface area contributed by atoms with E-state index in [1.807, 2.05) is 13.8 Å². The van der Waals surface area contributed by atoms with Gasteiger partial charge in [0.25, 0.3) is 0 Å². The van der Waals surface area contributed by atoms with Crippen LogP contribution in [-0.2, 0) is 0 Å². The fraction of sp³-hybridized carbons (Fsp3) is 0.571. The first-order valence-electron chi connectivity index (χ1n) is 6.29. The second kappa shape index (κ2) is 5.55. The van der Waals surface area contributed by atoms with Gasteiger partial charge in [-0.15, -0.1) is 0 Å². The summed E-state index contributed by atoms with van der Waals surface area (Å²) in [4.78, 5) is 0. The number of aryl methyl sites for hydroxylation is 1. The maximum Gasteiger partial charge on any atom is 0.387 e. The minimum atomic E-state index is -2.82. The highest BCUT2D eigenvalue weighted by atomic mass is 19.3. The molecule has 1 saturated carbocycles. The summed E-state index contributed by atoms with van der Waals surface area (Å²) in [6.07, 6.45) is 4.38. The van der Waals surface area contributed by atoms with Crippen LogP contribution in [0.5, 0.6) is 11.5 Å². The number of rotatable bonds is 4. The van der Waals surface area contributed by atoms with Gasteiger partial charge < -0.3 is 9.47 Å². The molecule has 0 saturated heterocycles. The van der Waals surface area contributed by atoms with Crippen LogP contribution in [0.25, 0.3) is 0 Å². The third kappa shape index (κ3) is 2.92. The van der Waals surface area contributed by atoms with Crippen LogP contribution in [0.1, 0.15) is 36.8 Å². The minimum Gasteiger partial charge on any atom is -0.486 e. The number of hydrogen-bond acceptors (Lipinski definition) is 2. The van der Waals surface area contributed by atoms with Crippen molar-refractivity contribution in [3.05, 3.63) is 23.3 Å². The van der Waals surface area contributed by atoms with Crippen molar-refractivity contribution in [1.82, 2.24) is 0 Å². The van der Waals surface area contributed by atoms with Gasteiger partial charge in [-0.1, -0.05) is 6.07 Å². The van der Waals surface area contributed by atoms with Gasteiger partial charge in [0.2, 0.25) is 0 Å². The fourth-order valence-corrected chi connectivity index (χ4v) is 2.27. The largest absolute Gasteiger partial charge is 0.486 e. The zero-order valence-electron chi connectivity index (χ0n) is 10.7. The predicted molar refractivity (Wildman–Crippen MR) is 65.4 cm³/mol. The summed E-state index contributed by atoms with van der Waals surface area (Å²) in [5.41, 5.74) is 1.89. The summed E-state index contributed by atoms with van der Waals surface area (Å²) in [6, 6.07) is 3.33. The van der Waals surface area contributed by atoms with Gasteiger partial charge in [-0.3, -0.25) is 0 Å². The Morgan fingerprint density at radius 2 is 1.83 bits per heavy atom. The van der Waals surface area contributed by atoms with Gasteiger partial charge in [0.1, 0.15) is 0 Å². The summed E-state index contributed by atoms with van der Waals surface area (Å²) in [6.45, 7) is 0.985. The number of alkyl halides is 2. The van der Waals surface area contributed by atoms with E-state index in [0.29, 0.717) is 5.75 Å². The first kappa shape index (κ1) is 13.1. The number of benzene rings is 1. The molecule has 1 aliphatic carbocycles. The topological polar surface area (TPSA) is 18.5 Å². The molecule has 0 atom stereocenters. The normalized spacial score (nSPS) is 16.3. The molecule has 0 aliphatic heterocycles. The number of hydrogen-bond donors (Lipinski definition) is 0. The van der Waals surface area contributed by atoms with Crippen LogP contribution in [0.3, 0.4) is 0 Å². The Labute approximate surface area is 106 Å². The third-order valence-corrected chi connectivity index (χ3v) is 3.44. The van der Waals surface area contributed by atoms with Gasteiger partial charge in [-0.2, -0.15) is 8.78 Å². The summed E-state index contributed by atoms with van der Waals surface area (Å²) in [5.74, 6) is 0.613. The predicted octanol–water partition coefficient (Wildman–Crippen LogP) is 4.23. The fourth-order valence-electron chi connectivity index (χ4n) is 2.27. The molecule has 0 heterocycles.